The van der Waals surface area contributed by atoms with Gasteiger partial charge < -0.3 is 9.84 Å². The fourth-order valence-corrected chi connectivity index (χ4v) is 2.13. The third-order valence-electron chi connectivity index (χ3n) is 2.32. The molecule has 0 fully saturated rings. The number of thiophene rings is 1. The summed E-state index contributed by atoms with van der Waals surface area (Å²) in [7, 11) is 0. The number of rotatable bonds is 5. The van der Waals surface area contributed by atoms with Crippen LogP contribution in [0, 0.1) is 10.1 Å². The molecule has 6 nitrogen and oxygen atoms in total. The van der Waals surface area contributed by atoms with Crippen molar-refractivity contribution in [3.8, 4) is 5.75 Å². The summed E-state index contributed by atoms with van der Waals surface area (Å²) < 4.78 is 5.41. The molecule has 0 amide bonds. The van der Waals surface area contributed by atoms with Gasteiger partial charge in [0.2, 0.25) is 0 Å². The third-order valence-corrected chi connectivity index (χ3v) is 3.28. The van der Waals surface area contributed by atoms with Crippen molar-refractivity contribution >= 4 is 23.0 Å². The number of ether oxygens (including phenoxy) is 1. The smallest absolute Gasteiger partial charge is 0.345 e. The van der Waals surface area contributed by atoms with E-state index in [1.807, 2.05) is 0 Å². The van der Waals surface area contributed by atoms with E-state index in [0.717, 1.165) is 16.9 Å². The third kappa shape index (κ3) is 3.29. The molecule has 98 valence electrons. The van der Waals surface area contributed by atoms with Crippen LogP contribution in [0.25, 0.3) is 0 Å². The van der Waals surface area contributed by atoms with Crippen LogP contribution in [-0.4, -0.2) is 16.0 Å². The summed E-state index contributed by atoms with van der Waals surface area (Å²) in [4.78, 5) is 20.9. The van der Waals surface area contributed by atoms with E-state index in [-0.39, 0.29) is 17.2 Å². The molecule has 2 rings (SSSR count). The molecule has 0 aliphatic carbocycles. The van der Waals surface area contributed by atoms with E-state index in [0.29, 0.717) is 5.75 Å². The summed E-state index contributed by atoms with van der Waals surface area (Å²) in [6.45, 7) is 0.224. The van der Waals surface area contributed by atoms with E-state index in [1.165, 1.54) is 24.3 Å². The van der Waals surface area contributed by atoms with Gasteiger partial charge in [-0.15, -0.1) is 11.3 Å². The molecule has 0 unspecified atom stereocenters. The lowest BCUT2D eigenvalue weighted by Crippen LogP contribution is -1.95. The molecule has 0 aliphatic heterocycles. The van der Waals surface area contributed by atoms with Crippen LogP contribution in [0.5, 0.6) is 5.75 Å². The van der Waals surface area contributed by atoms with E-state index in [4.69, 9.17) is 9.84 Å². The second-order valence-electron chi connectivity index (χ2n) is 3.66. The number of hydrogen-bond donors (Lipinski definition) is 1. The molecule has 0 aliphatic rings. The molecule has 1 aromatic heterocycles. The number of nitro groups is 1. The van der Waals surface area contributed by atoms with E-state index < -0.39 is 10.9 Å². The minimum atomic E-state index is -0.966. The lowest BCUT2D eigenvalue weighted by molar-refractivity contribution is -0.384. The molecular formula is C12H9NO5S. The molecule has 0 radical (unpaired) electrons. The van der Waals surface area contributed by atoms with Gasteiger partial charge in [-0.3, -0.25) is 10.1 Å². The molecule has 0 saturated heterocycles. The maximum absolute atomic E-state index is 10.7. The predicted molar refractivity (Wildman–Crippen MR) is 68.7 cm³/mol. The topological polar surface area (TPSA) is 89.7 Å². The molecule has 7 heteroatoms. The highest BCUT2D eigenvalue weighted by atomic mass is 32.1. The van der Waals surface area contributed by atoms with Gasteiger partial charge in [-0.05, 0) is 23.6 Å². The predicted octanol–water partition coefficient (Wildman–Crippen LogP) is 2.93. The van der Waals surface area contributed by atoms with Crippen LogP contribution in [0.3, 0.4) is 0 Å². The normalized spacial score (nSPS) is 10.1. The number of non-ortho nitro benzene ring substituents is 1. The highest BCUT2D eigenvalue weighted by Crippen LogP contribution is 2.20. The van der Waals surface area contributed by atoms with Crippen molar-refractivity contribution in [1.82, 2.24) is 0 Å². The van der Waals surface area contributed by atoms with Gasteiger partial charge >= 0.3 is 5.97 Å². The Morgan fingerprint density at radius 3 is 2.58 bits per heavy atom. The van der Waals surface area contributed by atoms with Crippen LogP contribution in [0.1, 0.15) is 15.2 Å². The Kier molecular flexibility index (Phi) is 3.76. The van der Waals surface area contributed by atoms with Crippen molar-refractivity contribution in [3.63, 3.8) is 0 Å². The SMILES string of the molecule is O=C(O)c1cc(COc2ccc([N+](=O)[O-])cc2)cs1. The second kappa shape index (κ2) is 5.49. The van der Waals surface area contributed by atoms with Gasteiger partial charge in [0.05, 0.1) is 4.92 Å². The van der Waals surface area contributed by atoms with E-state index in [1.54, 1.807) is 11.4 Å². The molecule has 1 N–H and O–H groups in total. The van der Waals surface area contributed by atoms with Gasteiger partial charge in [-0.1, -0.05) is 0 Å². The average Bonchev–Trinajstić information content (AvgIpc) is 2.86. The van der Waals surface area contributed by atoms with Crippen molar-refractivity contribution < 1.29 is 19.6 Å². The fourth-order valence-electron chi connectivity index (χ4n) is 1.39. The van der Waals surface area contributed by atoms with Crippen molar-refractivity contribution in [2.75, 3.05) is 0 Å². The first-order chi connectivity index (χ1) is 9.06. The summed E-state index contributed by atoms with van der Waals surface area (Å²) in [5.41, 5.74) is 0.747. The summed E-state index contributed by atoms with van der Waals surface area (Å²) in [5, 5.41) is 20.9. The highest BCUT2D eigenvalue weighted by molar-refractivity contribution is 7.12. The monoisotopic (exact) mass is 279 g/mol. The number of hydrogen-bond acceptors (Lipinski definition) is 5. The Balaban J connectivity index is 1.97. The molecule has 0 bridgehead atoms. The van der Waals surface area contributed by atoms with Crippen molar-refractivity contribution in [2.24, 2.45) is 0 Å². The quantitative estimate of drug-likeness (QED) is 0.671. The molecule has 1 heterocycles. The largest absolute Gasteiger partial charge is 0.489 e. The maximum atomic E-state index is 10.7. The Bertz CT molecular complexity index is 605. The van der Waals surface area contributed by atoms with E-state index >= 15 is 0 Å². The number of carboxylic acids is 1. The molecule has 2 aromatic rings. The zero-order valence-electron chi connectivity index (χ0n) is 9.61. The minimum Gasteiger partial charge on any atom is -0.489 e. The first kappa shape index (κ1) is 13.0. The number of benzene rings is 1. The van der Waals surface area contributed by atoms with Gasteiger partial charge in [0.25, 0.3) is 5.69 Å². The lowest BCUT2D eigenvalue weighted by atomic mass is 10.3. The van der Waals surface area contributed by atoms with E-state index in [9.17, 15) is 14.9 Å². The van der Waals surface area contributed by atoms with E-state index in [2.05, 4.69) is 0 Å². The number of carboxylic acid groups (broad SMARTS) is 1. The van der Waals surface area contributed by atoms with Crippen LogP contribution >= 0.6 is 11.3 Å². The Morgan fingerprint density at radius 1 is 1.37 bits per heavy atom. The van der Waals surface area contributed by atoms with Crippen LogP contribution < -0.4 is 4.74 Å². The average molecular weight is 279 g/mol. The zero-order valence-corrected chi connectivity index (χ0v) is 10.4. The molecule has 0 spiro atoms. The number of carbonyl (C=O) groups is 1. The van der Waals surface area contributed by atoms with Gasteiger partial charge in [-0.2, -0.15) is 0 Å². The molecule has 1 aromatic carbocycles. The van der Waals surface area contributed by atoms with Crippen LogP contribution in [0.15, 0.2) is 35.7 Å². The van der Waals surface area contributed by atoms with Crippen molar-refractivity contribution in [1.29, 1.82) is 0 Å². The zero-order chi connectivity index (χ0) is 13.8. The summed E-state index contributed by atoms with van der Waals surface area (Å²) in [5.74, 6) is -0.472. The highest BCUT2D eigenvalue weighted by Gasteiger charge is 2.08. The standard InChI is InChI=1S/C12H9NO5S/c14-12(15)11-5-8(7-19-11)6-18-10-3-1-9(2-4-10)13(16)17/h1-5,7H,6H2,(H,14,15). The van der Waals surface area contributed by atoms with Gasteiger partial charge in [0, 0.05) is 17.7 Å². The Labute approximate surface area is 112 Å². The van der Waals surface area contributed by atoms with Gasteiger partial charge in [0.1, 0.15) is 17.2 Å². The summed E-state index contributed by atoms with van der Waals surface area (Å²) in [6, 6.07) is 7.25. The molecule has 0 atom stereocenters. The Morgan fingerprint density at radius 2 is 2.05 bits per heavy atom. The van der Waals surface area contributed by atoms with Crippen LogP contribution in [-0.2, 0) is 6.61 Å². The first-order valence-electron chi connectivity index (χ1n) is 5.24. The lowest BCUT2D eigenvalue weighted by Gasteiger charge is -2.03. The maximum Gasteiger partial charge on any atom is 0.345 e. The van der Waals surface area contributed by atoms with Gasteiger partial charge in [-0.25, -0.2) is 4.79 Å². The van der Waals surface area contributed by atoms with Gasteiger partial charge in [0.15, 0.2) is 0 Å². The number of aromatic carboxylic acids is 1. The van der Waals surface area contributed by atoms with Crippen LogP contribution in [0.2, 0.25) is 0 Å². The summed E-state index contributed by atoms with van der Waals surface area (Å²) >= 11 is 1.13. The summed E-state index contributed by atoms with van der Waals surface area (Å²) in [6.07, 6.45) is 0. The second-order valence-corrected chi connectivity index (χ2v) is 4.58. The number of nitro benzene ring substituents is 1. The molecular weight excluding hydrogens is 270 g/mol. The molecule has 19 heavy (non-hydrogen) atoms. The Hall–Kier alpha value is -2.41. The minimum absolute atomic E-state index is 0.00366. The molecule has 0 saturated carbocycles. The first-order valence-corrected chi connectivity index (χ1v) is 6.12. The van der Waals surface area contributed by atoms with Crippen molar-refractivity contribution in [2.45, 2.75) is 6.61 Å². The number of nitrogens with zero attached hydrogens (tertiary/aromatic N) is 1. The van der Waals surface area contributed by atoms with Crippen LogP contribution in [0.4, 0.5) is 5.69 Å². The van der Waals surface area contributed by atoms with Crippen molar-refractivity contribution in [3.05, 3.63) is 56.3 Å². The fraction of sp³-hybridized carbons (Fsp3) is 0.0833.